The summed E-state index contributed by atoms with van der Waals surface area (Å²) in [5.74, 6) is 0. The van der Waals surface area contributed by atoms with Gasteiger partial charge in [-0.15, -0.1) is 0 Å². The van der Waals surface area contributed by atoms with Gasteiger partial charge in [-0.3, -0.25) is 0 Å². The predicted octanol–water partition coefficient (Wildman–Crippen LogP) is 4.34. The summed E-state index contributed by atoms with van der Waals surface area (Å²) in [6.45, 7) is 0.921. The second kappa shape index (κ2) is 8.02. The van der Waals surface area contributed by atoms with Crippen LogP contribution in [0.5, 0.6) is 0 Å². The highest BCUT2D eigenvalue weighted by Crippen LogP contribution is 2.35. The Morgan fingerprint density at radius 3 is 2.58 bits per heavy atom. The lowest BCUT2D eigenvalue weighted by atomic mass is 10.1. The summed E-state index contributed by atoms with van der Waals surface area (Å²) in [7, 11) is 0. The average Bonchev–Trinajstić information content (AvgIpc) is 3.40. The minimum absolute atomic E-state index is 0.207. The molecule has 0 bridgehead atoms. The van der Waals surface area contributed by atoms with E-state index < -0.39 is 6.10 Å². The average molecular weight is 434 g/mol. The molecule has 1 saturated heterocycles. The SMILES string of the molecule is O=C(Nc1ccc(-c2cn(-c3ccccc3)c3ncnc(Cl)c23)cc1)N1CC[C@H](O)C1. The first-order valence-electron chi connectivity index (χ1n) is 10.0. The van der Waals surface area contributed by atoms with Crippen molar-refractivity contribution in [3.63, 3.8) is 0 Å². The standard InChI is InChI=1S/C23H20ClN5O2/c24-21-20-19(13-29(22(20)26-14-25-21)17-4-2-1-3-5-17)15-6-8-16(9-7-15)27-23(31)28-11-10-18(30)12-28/h1-9,13-14,18,30H,10-12H2,(H,27,31)/t18-/m0/s1. The van der Waals surface area contributed by atoms with E-state index in [4.69, 9.17) is 11.6 Å². The van der Waals surface area contributed by atoms with Crippen LogP contribution in [-0.2, 0) is 0 Å². The summed E-state index contributed by atoms with van der Waals surface area (Å²) in [4.78, 5) is 22.6. The molecule has 0 spiro atoms. The lowest BCUT2D eigenvalue weighted by Gasteiger charge is -2.16. The number of carbonyl (C=O) groups is 1. The number of likely N-dealkylation sites (tertiary alicyclic amines) is 1. The number of hydrogen-bond donors (Lipinski definition) is 2. The number of carbonyl (C=O) groups excluding carboxylic acids is 1. The zero-order valence-corrected chi connectivity index (χ0v) is 17.3. The number of urea groups is 1. The number of nitrogens with zero attached hydrogens (tertiary/aromatic N) is 4. The van der Waals surface area contributed by atoms with Crippen molar-refractivity contribution in [3.8, 4) is 16.8 Å². The van der Waals surface area contributed by atoms with Crippen molar-refractivity contribution in [2.75, 3.05) is 18.4 Å². The van der Waals surface area contributed by atoms with Gasteiger partial charge >= 0.3 is 6.03 Å². The number of hydrogen-bond acceptors (Lipinski definition) is 4. The first-order chi connectivity index (χ1) is 15.1. The number of benzene rings is 2. The fraction of sp³-hybridized carbons (Fsp3) is 0.174. The number of fused-ring (bicyclic) bond motifs is 1. The zero-order chi connectivity index (χ0) is 21.4. The molecule has 2 amide bonds. The first-order valence-corrected chi connectivity index (χ1v) is 10.4. The number of rotatable bonds is 3. The molecule has 1 aliphatic rings. The van der Waals surface area contributed by atoms with Crippen LogP contribution in [0.4, 0.5) is 10.5 Å². The molecule has 31 heavy (non-hydrogen) atoms. The van der Waals surface area contributed by atoms with Gasteiger partial charge in [-0.25, -0.2) is 14.8 Å². The molecule has 7 nitrogen and oxygen atoms in total. The maximum absolute atomic E-state index is 12.4. The number of aliphatic hydroxyl groups excluding tert-OH is 1. The van der Waals surface area contributed by atoms with Gasteiger partial charge in [0.15, 0.2) is 0 Å². The number of β-amino-alcohol motifs (C(OH)–C–C–N with tert-alkyl or cyclic N) is 1. The van der Waals surface area contributed by atoms with E-state index in [0.717, 1.165) is 27.8 Å². The third-order valence-corrected chi connectivity index (χ3v) is 5.76. The molecule has 2 N–H and O–H groups in total. The largest absolute Gasteiger partial charge is 0.391 e. The van der Waals surface area contributed by atoms with Gasteiger partial charge < -0.3 is 19.9 Å². The number of aliphatic hydroxyl groups is 1. The van der Waals surface area contributed by atoms with E-state index in [1.807, 2.05) is 65.4 Å². The van der Waals surface area contributed by atoms with Crippen molar-refractivity contribution < 1.29 is 9.90 Å². The van der Waals surface area contributed by atoms with Gasteiger partial charge in [0.05, 0.1) is 11.5 Å². The highest BCUT2D eigenvalue weighted by atomic mass is 35.5. The summed E-state index contributed by atoms with van der Waals surface area (Å²) >= 11 is 6.45. The number of anilines is 1. The molecule has 0 unspecified atom stereocenters. The molecular weight excluding hydrogens is 414 g/mol. The van der Waals surface area contributed by atoms with Crippen LogP contribution in [0.3, 0.4) is 0 Å². The van der Waals surface area contributed by atoms with Crippen molar-refractivity contribution >= 4 is 34.4 Å². The van der Waals surface area contributed by atoms with Crippen molar-refractivity contribution in [3.05, 3.63) is 72.3 Å². The number of nitrogens with one attached hydrogen (secondary N) is 1. The normalized spacial score (nSPS) is 16.1. The molecule has 2 aromatic carbocycles. The van der Waals surface area contributed by atoms with Gasteiger partial charge in [0, 0.05) is 36.2 Å². The highest BCUT2D eigenvalue weighted by molar-refractivity contribution is 6.35. The van der Waals surface area contributed by atoms with E-state index in [2.05, 4.69) is 15.3 Å². The summed E-state index contributed by atoms with van der Waals surface area (Å²) < 4.78 is 1.99. The molecule has 156 valence electrons. The monoisotopic (exact) mass is 433 g/mol. The van der Waals surface area contributed by atoms with Crippen LogP contribution in [-0.4, -0.2) is 49.8 Å². The Labute approximate surface area is 183 Å². The smallest absolute Gasteiger partial charge is 0.321 e. The Bertz CT molecular complexity index is 1240. The topological polar surface area (TPSA) is 83.3 Å². The number of aromatic nitrogens is 3. The summed E-state index contributed by atoms with van der Waals surface area (Å²) in [5, 5.41) is 13.7. The molecule has 4 aromatic rings. The van der Waals surface area contributed by atoms with Crippen LogP contribution >= 0.6 is 11.6 Å². The van der Waals surface area contributed by atoms with Gasteiger partial charge in [-0.2, -0.15) is 0 Å². The minimum Gasteiger partial charge on any atom is -0.391 e. The Morgan fingerprint density at radius 2 is 1.87 bits per heavy atom. The van der Waals surface area contributed by atoms with Crippen molar-refractivity contribution in [2.45, 2.75) is 12.5 Å². The van der Waals surface area contributed by atoms with Crippen molar-refractivity contribution in [1.29, 1.82) is 0 Å². The maximum Gasteiger partial charge on any atom is 0.321 e. The highest BCUT2D eigenvalue weighted by Gasteiger charge is 2.24. The molecule has 0 aliphatic carbocycles. The van der Waals surface area contributed by atoms with Gasteiger partial charge in [0.2, 0.25) is 0 Å². The van der Waals surface area contributed by atoms with Gasteiger partial charge in [-0.1, -0.05) is 41.9 Å². The van der Waals surface area contributed by atoms with E-state index in [1.165, 1.54) is 6.33 Å². The molecular formula is C23H20ClN5O2. The van der Waals surface area contributed by atoms with Crippen LogP contribution in [0.2, 0.25) is 5.15 Å². The Kier molecular flexibility index (Phi) is 5.05. The summed E-state index contributed by atoms with van der Waals surface area (Å²) in [5.41, 5.74) is 4.23. The number of halogens is 1. The van der Waals surface area contributed by atoms with Crippen molar-refractivity contribution in [1.82, 2.24) is 19.4 Å². The Morgan fingerprint density at radius 1 is 1.10 bits per heavy atom. The fourth-order valence-corrected chi connectivity index (χ4v) is 4.12. The quantitative estimate of drug-likeness (QED) is 0.471. The predicted molar refractivity (Wildman–Crippen MR) is 121 cm³/mol. The molecule has 0 saturated carbocycles. The molecule has 3 heterocycles. The van der Waals surface area contributed by atoms with E-state index in [9.17, 15) is 9.90 Å². The Hall–Kier alpha value is -3.42. The van der Waals surface area contributed by atoms with E-state index in [-0.39, 0.29) is 6.03 Å². The van der Waals surface area contributed by atoms with Crippen LogP contribution in [0.1, 0.15) is 6.42 Å². The lowest BCUT2D eigenvalue weighted by Crippen LogP contribution is -2.33. The van der Waals surface area contributed by atoms with E-state index in [1.54, 1.807) is 4.90 Å². The van der Waals surface area contributed by atoms with Gasteiger partial charge in [-0.05, 0) is 36.2 Å². The molecule has 8 heteroatoms. The van der Waals surface area contributed by atoms with Crippen LogP contribution in [0, 0.1) is 0 Å². The van der Waals surface area contributed by atoms with E-state index in [0.29, 0.717) is 30.4 Å². The van der Waals surface area contributed by atoms with Crippen LogP contribution < -0.4 is 5.32 Å². The minimum atomic E-state index is -0.443. The first kappa shape index (κ1) is 19.5. The maximum atomic E-state index is 12.4. The molecule has 0 radical (unpaired) electrons. The Balaban J connectivity index is 1.48. The number of amides is 2. The molecule has 2 aromatic heterocycles. The molecule has 1 fully saturated rings. The number of para-hydroxylation sites is 1. The zero-order valence-electron chi connectivity index (χ0n) is 16.6. The van der Waals surface area contributed by atoms with Gasteiger partial charge in [0.1, 0.15) is 17.1 Å². The summed E-state index contributed by atoms with van der Waals surface area (Å²) in [6.07, 6.45) is 3.63. The summed E-state index contributed by atoms with van der Waals surface area (Å²) in [6, 6.07) is 17.3. The fourth-order valence-electron chi connectivity index (χ4n) is 3.89. The lowest BCUT2D eigenvalue weighted by molar-refractivity contribution is 0.176. The van der Waals surface area contributed by atoms with Gasteiger partial charge in [0.25, 0.3) is 0 Å². The third-order valence-electron chi connectivity index (χ3n) is 5.47. The molecule has 1 aliphatic heterocycles. The van der Waals surface area contributed by atoms with Crippen molar-refractivity contribution in [2.24, 2.45) is 0 Å². The third kappa shape index (κ3) is 3.73. The van der Waals surface area contributed by atoms with E-state index >= 15 is 0 Å². The molecule has 5 rings (SSSR count). The second-order valence-corrected chi connectivity index (χ2v) is 7.87. The second-order valence-electron chi connectivity index (χ2n) is 7.51. The van der Waals surface area contributed by atoms with Crippen LogP contribution in [0.25, 0.3) is 27.8 Å². The molecule has 1 atom stereocenters. The van der Waals surface area contributed by atoms with Crippen LogP contribution in [0.15, 0.2) is 67.1 Å².